The van der Waals surface area contributed by atoms with Crippen LogP contribution in [0.15, 0.2) is 35.7 Å². The summed E-state index contributed by atoms with van der Waals surface area (Å²) >= 11 is 7.63. The number of aliphatic hydroxyl groups is 1. The molecule has 5 heteroatoms. The highest BCUT2D eigenvalue weighted by Crippen LogP contribution is 2.26. The van der Waals surface area contributed by atoms with E-state index in [0.29, 0.717) is 5.75 Å². The first-order valence-electron chi connectivity index (χ1n) is 5.26. The maximum absolute atomic E-state index is 8.85. The number of rotatable bonds is 4. The number of imidazole rings is 1. The average Bonchev–Trinajstić information content (AvgIpc) is 2.78. The van der Waals surface area contributed by atoms with Gasteiger partial charge < -0.3 is 5.11 Å². The SMILES string of the molecule is Cc1c(Cl)cccc1-n1ccnc1SCCO. The Labute approximate surface area is 109 Å². The van der Waals surface area contributed by atoms with Gasteiger partial charge in [-0.15, -0.1) is 0 Å². The molecule has 0 saturated carbocycles. The van der Waals surface area contributed by atoms with E-state index in [1.54, 1.807) is 6.20 Å². The molecule has 0 aliphatic heterocycles. The van der Waals surface area contributed by atoms with Gasteiger partial charge in [-0.05, 0) is 24.6 Å². The molecule has 1 N–H and O–H groups in total. The van der Waals surface area contributed by atoms with Gasteiger partial charge in [-0.1, -0.05) is 29.4 Å². The van der Waals surface area contributed by atoms with E-state index in [4.69, 9.17) is 16.7 Å². The summed E-state index contributed by atoms with van der Waals surface area (Å²) in [6, 6.07) is 5.80. The molecule has 17 heavy (non-hydrogen) atoms. The fourth-order valence-corrected chi connectivity index (χ4v) is 2.45. The molecule has 0 fully saturated rings. The zero-order valence-corrected chi connectivity index (χ0v) is 11.0. The highest BCUT2D eigenvalue weighted by atomic mass is 35.5. The van der Waals surface area contributed by atoms with Crippen LogP contribution in [-0.2, 0) is 0 Å². The predicted molar refractivity (Wildman–Crippen MR) is 71.1 cm³/mol. The van der Waals surface area contributed by atoms with E-state index >= 15 is 0 Å². The van der Waals surface area contributed by atoms with Crippen LogP contribution in [0.25, 0.3) is 5.69 Å². The van der Waals surface area contributed by atoms with Gasteiger partial charge in [-0.25, -0.2) is 4.98 Å². The Morgan fingerprint density at radius 1 is 1.47 bits per heavy atom. The third-order valence-corrected chi connectivity index (χ3v) is 3.78. The lowest BCUT2D eigenvalue weighted by molar-refractivity contribution is 0.322. The van der Waals surface area contributed by atoms with Crippen LogP contribution in [-0.4, -0.2) is 27.0 Å². The molecule has 0 saturated heterocycles. The Hall–Kier alpha value is -0.970. The number of hydrogen-bond acceptors (Lipinski definition) is 3. The number of aliphatic hydroxyl groups excluding tert-OH is 1. The van der Waals surface area contributed by atoms with Gasteiger partial charge in [0.25, 0.3) is 0 Å². The molecule has 0 unspecified atom stereocenters. The minimum atomic E-state index is 0.145. The molecule has 0 bridgehead atoms. The van der Waals surface area contributed by atoms with Crippen molar-refractivity contribution in [1.82, 2.24) is 9.55 Å². The van der Waals surface area contributed by atoms with E-state index < -0.39 is 0 Å². The minimum absolute atomic E-state index is 0.145. The van der Waals surface area contributed by atoms with Crippen molar-refractivity contribution in [3.63, 3.8) is 0 Å². The topological polar surface area (TPSA) is 38.0 Å². The van der Waals surface area contributed by atoms with Gasteiger partial charge in [0.2, 0.25) is 0 Å². The Kier molecular flexibility index (Phi) is 4.10. The first-order valence-corrected chi connectivity index (χ1v) is 6.63. The van der Waals surface area contributed by atoms with Gasteiger partial charge in [-0.3, -0.25) is 4.57 Å². The lowest BCUT2D eigenvalue weighted by Crippen LogP contribution is -1.99. The monoisotopic (exact) mass is 268 g/mol. The molecule has 3 nitrogen and oxygen atoms in total. The molecule has 2 aromatic rings. The maximum Gasteiger partial charge on any atom is 0.172 e. The van der Waals surface area contributed by atoms with Crippen molar-refractivity contribution in [1.29, 1.82) is 0 Å². The van der Waals surface area contributed by atoms with Crippen molar-refractivity contribution >= 4 is 23.4 Å². The van der Waals surface area contributed by atoms with Gasteiger partial charge in [0.15, 0.2) is 5.16 Å². The predicted octanol–water partition coefficient (Wildman–Crippen LogP) is 2.92. The van der Waals surface area contributed by atoms with Gasteiger partial charge in [-0.2, -0.15) is 0 Å². The van der Waals surface area contributed by atoms with Crippen LogP contribution in [0, 0.1) is 6.92 Å². The molecule has 1 aromatic heterocycles. The molecular formula is C12H13ClN2OS. The van der Waals surface area contributed by atoms with Gasteiger partial charge in [0.05, 0.1) is 12.3 Å². The van der Waals surface area contributed by atoms with E-state index in [9.17, 15) is 0 Å². The second-order valence-corrected chi connectivity index (χ2v) is 5.01. The van der Waals surface area contributed by atoms with Crippen LogP contribution in [0.2, 0.25) is 5.02 Å². The lowest BCUT2D eigenvalue weighted by atomic mass is 10.2. The summed E-state index contributed by atoms with van der Waals surface area (Å²) in [6.45, 7) is 2.13. The largest absolute Gasteiger partial charge is 0.396 e. The third-order valence-electron chi connectivity index (χ3n) is 2.43. The first-order chi connectivity index (χ1) is 8.24. The molecule has 0 aliphatic carbocycles. The number of thioether (sulfide) groups is 1. The molecular weight excluding hydrogens is 256 g/mol. The van der Waals surface area contributed by atoms with E-state index in [1.807, 2.05) is 35.9 Å². The third kappa shape index (κ3) is 2.65. The van der Waals surface area contributed by atoms with E-state index in [1.165, 1.54) is 11.8 Å². The molecule has 1 heterocycles. The fourth-order valence-electron chi connectivity index (χ4n) is 1.57. The smallest absolute Gasteiger partial charge is 0.172 e. The van der Waals surface area contributed by atoms with Crippen LogP contribution < -0.4 is 0 Å². The van der Waals surface area contributed by atoms with E-state index in [2.05, 4.69) is 4.98 Å². The van der Waals surface area contributed by atoms with Crippen LogP contribution in [0.4, 0.5) is 0 Å². The summed E-state index contributed by atoms with van der Waals surface area (Å²) in [6.07, 6.45) is 3.65. The summed E-state index contributed by atoms with van der Waals surface area (Å²) in [7, 11) is 0. The molecule has 0 spiro atoms. The molecule has 90 valence electrons. The maximum atomic E-state index is 8.85. The molecule has 0 radical (unpaired) electrons. The second kappa shape index (κ2) is 5.58. The van der Waals surface area contributed by atoms with Crippen molar-refractivity contribution in [2.45, 2.75) is 12.1 Å². The lowest BCUT2D eigenvalue weighted by Gasteiger charge is -2.11. The number of hydrogen-bond donors (Lipinski definition) is 1. The van der Waals surface area contributed by atoms with Crippen LogP contribution >= 0.6 is 23.4 Å². The average molecular weight is 269 g/mol. The van der Waals surface area contributed by atoms with E-state index in [-0.39, 0.29) is 6.61 Å². The summed E-state index contributed by atoms with van der Waals surface area (Å²) in [5, 5.41) is 10.5. The van der Waals surface area contributed by atoms with E-state index in [0.717, 1.165) is 21.4 Å². The van der Waals surface area contributed by atoms with Crippen LogP contribution in [0.5, 0.6) is 0 Å². The Bertz CT molecular complexity index is 513. The van der Waals surface area contributed by atoms with Crippen molar-refractivity contribution in [3.05, 3.63) is 41.2 Å². The second-order valence-electron chi connectivity index (χ2n) is 3.54. The highest BCUT2D eigenvalue weighted by Gasteiger charge is 2.09. The zero-order valence-electron chi connectivity index (χ0n) is 9.43. The molecule has 0 amide bonds. The fraction of sp³-hybridized carbons (Fsp3) is 0.250. The van der Waals surface area contributed by atoms with Crippen LogP contribution in [0.1, 0.15) is 5.56 Å². The van der Waals surface area contributed by atoms with Gasteiger partial charge >= 0.3 is 0 Å². The number of aromatic nitrogens is 2. The van der Waals surface area contributed by atoms with Gasteiger partial charge in [0, 0.05) is 23.2 Å². The highest BCUT2D eigenvalue weighted by molar-refractivity contribution is 7.99. The van der Waals surface area contributed by atoms with Crippen molar-refractivity contribution < 1.29 is 5.11 Å². The quantitative estimate of drug-likeness (QED) is 0.867. The van der Waals surface area contributed by atoms with Crippen molar-refractivity contribution in [3.8, 4) is 5.69 Å². The Balaban J connectivity index is 2.39. The Morgan fingerprint density at radius 2 is 2.29 bits per heavy atom. The minimum Gasteiger partial charge on any atom is -0.396 e. The summed E-state index contributed by atoms with van der Waals surface area (Å²) < 4.78 is 1.99. The molecule has 1 aromatic carbocycles. The summed E-state index contributed by atoms with van der Waals surface area (Å²) in [5.74, 6) is 0.636. The normalized spacial score (nSPS) is 10.8. The first kappa shape index (κ1) is 12.5. The summed E-state index contributed by atoms with van der Waals surface area (Å²) in [5.41, 5.74) is 2.05. The van der Waals surface area contributed by atoms with Crippen molar-refractivity contribution in [2.24, 2.45) is 0 Å². The number of benzene rings is 1. The van der Waals surface area contributed by atoms with Gasteiger partial charge in [0.1, 0.15) is 0 Å². The van der Waals surface area contributed by atoms with Crippen LogP contribution in [0.3, 0.4) is 0 Å². The molecule has 0 atom stereocenters. The summed E-state index contributed by atoms with van der Waals surface area (Å²) in [4.78, 5) is 4.27. The number of halogens is 1. The Morgan fingerprint density at radius 3 is 3.06 bits per heavy atom. The molecule has 0 aliphatic rings. The standard InChI is InChI=1S/C12H13ClN2OS/c1-9-10(13)3-2-4-11(9)15-6-5-14-12(15)17-8-7-16/h2-6,16H,7-8H2,1H3. The zero-order chi connectivity index (χ0) is 12.3. The van der Waals surface area contributed by atoms with Crippen molar-refractivity contribution in [2.75, 3.05) is 12.4 Å². The molecule has 2 rings (SSSR count). The number of nitrogens with zero attached hydrogens (tertiary/aromatic N) is 2.